The summed E-state index contributed by atoms with van der Waals surface area (Å²) >= 11 is 0. The summed E-state index contributed by atoms with van der Waals surface area (Å²) in [6, 6.07) is 12.0. The summed E-state index contributed by atoms with van der Waals surface area (Å²) in [6.07, 6.45) is 4.54. The van der Waals surface area contributed by atoms with Crippen LogP contribution in [0.1, 0.15) is 44.0 Å². The summed E-state index contributed by atoms with van der Waals surface area (Å²) in [5.41, 5.74) is 8.68. The number of rotatable bonds is 5. The van der Waals surface area contributed by atoms with Gasteiger partial charge >= 0.3 is 6.09 Å². The van der Waals surface area contributed by atoms with Crippen molar-refractivity contribution < 1.29 is 14.3 Å². The highest BCUT2D eigenvalue weighted by Crippen LogP contribution is 2.47. The van der Waals surface area contributed by atoms with E-state index in [1.165, 1.54) is 13.3 Å². The summed E-state index contributed by atoms with van der Waals surface area (Å²) in [4.78, 5) is 24.2. The Hall–Kier alpha value is -3.55. The molecule has 2 amide bonds. The van der Waals surface area contributed by atoms with E-state index in [0.29, 0.717) is 11.3 Å². The molecule has 0 bridgehead atoms. The van der Waals surface area contributed by atoms with Crippen LogP contribution < -0.4 is 16.4 Å². The zero-order valence-electron chi connectivity index (χ0n) is 18.8. The lowest BCUT2D eigenvalue weighted by atomic mass is 9.74. The number of carbonyl (C=O) groups excluding carboxylic acids is 2. The number of hydrogen-bond acceptors (Lipinski definition) is 5. The van der Waals surface area contributed by atoms with Gasteiger partial charge in [0.1, 0.15) is 0 Å². The van der Waals surface area contributed by atoms with E-state index in [1.54, 1.807) is 4.52 Å². The highest BCUT2D eigenvalue weighted by molar-refractivity contribution is 6.02. The Morgan fingerprint density at radius 3 is 2.56 bits per heavy atom. The second-order valence-corrected chi connectivity index (χ2v) is 9.13. The van der Waals surface area contributed by atoms with Gasteiger partial charge in [0.15, 0.2) is 0 Å². The van der Waals surface area contributed by atoms with E-state index in [1.807, 2.05) is 49.5 Å². The van der Waals surface area contributed by atoms with Gasteiger partial charge in [-0.25, -0.2) is 9.31 Å². The van der Waals surface area contributed by atoms with Crippen LogP contribution in [0.2, 0.25) is 0 Å². The molecule has 0 saturated heterocycles. The van der Waals surface area contributed by atoms with E-state index >= 15 is 0 Å². The summed E-state index contributed by atoms with van der Waals surface area (Å²) in [7, 11) is 1.36. The van der Waals surface area contributed by atoms with Gasteiger partial charge in [-0.3, -0.25) is 4.79 Å². The van der Waals surface area contributed by atoms with Crippen LogP contribution in [-0.4, -0.2) is 40.3 Å². The lowest BCUT2D eigenvalue weighted by Gasteiger charge is -2.42. The summed E-state index contributed by atoms with van der Waals surface area (Å²) < 4.78 is 6.59. The molecule has 3 aromatic rings. The molecule has 32 heavy (non-hydrogen) atoms. The van der Waals surface area contributed by atoms with E-state index in [2.05, 4.69) is 29.6 Å². The Balaban J connectivity index is 1.75. The first-order valence-corrected chi connectivity index (χ1v) is 10.7. The number of benzene rings is 1. The van der Waals surface area contributed by atoms with Crippen LogP contribution in [0.4, 0.5) is 10.5 Å². The average molecular weight is 436 g/mol. The minimum Gasteiger partial charge on any atom is -0.453 e. The monoisotopic (exact) mass is 435 g/mol. The first-order chi connectivity index (χ1) is 15.2. The van der Waals surface area contributed by atoms with Gasteiger partial charge < -0.3 is 21.1 Å². The molecule has 1 aliphatic rings. The van der Waals surface area contributed by atoms with Crippen LogP contribution in [0.5, 0.6) is 0 Å². The van der Waals surface area contributed by atoms with Crippen molar-refractivity contribution in [3.63, 3.8) is 0 Å². The number of nitrogens with two attached hydrogens (primary N) is 1. The second-order valence-electron chi connectivity index (χ2n) is 9.13. The molecule has 1 aromatic carbocycles. The molecule has 2 unspecified atom stereocenters. The molecular weight excluding hydrogens is 406 g/mol. The number of fused-ring (bicyclic) bond motifs is 1. The minimum absolute atomic E-state index is 0.0240. The highest BCUT2D eigenvalue weighted by Gasteiger charge is 2.53. The van der Waals surface area contributed by atoms with Gasteiger partial charge in [0, 0.05) is 28.8 Å². The van der Waals surface area contributed by atoms with Crippen molar-refractivity contribution >= 4 is 23.2 Å². The molecule has 1 fully saturated rings. The molecule has 2 atom stereocenters. The van der Waals surface area contributed by atoms with Crippen LogP contribution in [0, 0.1) is 5.41 Å². The smallest absolute Gasteiger partial charge is 0.407 e. The number of carbonyl (C=O) groups is 2. The van der Waals surface area contributed by atoms with Gasteiger partial charge in [0.2, 0.25) is 0 Å². The molecule has 4 N–H and O–H groups in total. The highest BCUT2D eigenvalue weighted by atomic mass is 16.5. The molecule has 0 spiro atoms. The Bertz CT molecular complexity index is 1170. The number of primary amides is 1. The lowest BCUT2D eigenvalue weighted by Crippen LogP contribution is -2.56. The average Bonchev–Trinajstić information content (AvgIpc) is 3.29. The summed E-state index contributed by atoms with van der Waals surface area (Å²) in [6.45, 7) is 6.22. The fraction of sp³-hybridized carbons (Fsp3) is 0.375. The fourth-order valence-corrected chi connectivity index (χ4v) is 4.61. The number of nitrogens with one attached hydrogen (secondary N) is 2. The fourth-order valence-electron chi connectivity index (χ4n) is 4.61. The van der Waals surface area contributed by atoms with Crippen molar-refractivity contribution in [3.05, 3.63) is 54.4 Å². The first kappa shape index (κ1) is 21.7. The van der Waals surface area contributed by atoms with Crippen molar-refractivity contribution in [2.75, 3.05) is 12.4 Å². The van der Waals surface area contributed by atoms with Crippen LogP contribution in [-0.2, 0) is 4.74 Å². The van der Waals surface area contributed by atoms with E-state index in [4.69, 9.17) is 10.5 Å². The molecule has 8 heteroatoms. The molecule has 1 saturated carbocycles. The minimum atomic E-state index is -0.545. The molecule has 8 nitrogen and oxygen atoms in total. The van der Waals surface area contributed by atoms with Crippen LogP contribution in [0.3, 0.4) is 0 Å². The third kappa shape index (κ3) is 3.55. The second kappa shape index (κ2) is 7.85. The first-order valence-electron chi connectivity index (χ1n) is 10.7. The summed E-state index contributed by atoms with van der Waals surface area (Å²) in [5, 5.41) is 11.0. The largest absolute Gasteiger partial charge is 0.453 e. The number of nitrogens with zero attached hydrogens (tertiary/aromatic N) is 2. The maximum Gasteiger partial charge on any atom is 0.407 e. The molecule has 0 aliphatic heterocycles. The van der Waals surface area contributed by atoms with E-state index in [9.17, 15) is 9.59 Å². The Morgan fingerprint density at radius 1 is 1.19 bits per heavy atom. The van der Waals surface area contributed by atoms with Gasteiger partial charge in [-0.15, -0.1) is 0 Å². The maximum absolute atomic E-state index is 12.2. The molecule has 2 heterocycles. The topological polar surface area (TPSA) is 111 Å². The zero-order valence-corrected chi connectivity index (χ0v) is 18.8. The molecule has 168 valence electrons. The SMILES string of the molecule is COC(=O)NC1(C)CCC(Nc2c(C(N)=O)cnn3cc(-c4ccccc4)cc23)C1(C)C. The van der Waals surface area contributed by atoms with Crippen LogP contribution >= 0.6 is 0 Å². The number of hydrogen-bond donors (Lipinski definition) is 3. The van der Waals surface area contributed by atoms with Crippen LogP contribution in [0.25, 0.3) is 16.6 Å². The van der Waals surface area contributed by atoms with Crippen LogP contribution in [0.15, 0.2) is 48.8 Å². The van der Waals surface area contributed by atoms with Crippen molar-refractivity contribution in [2.45, 2.75) is 45.2 Å². The number of methoxy groups -OCH3 is 1. The van der Waals surface area contributed by atoms with Gasteiger partial charge in [0.25, 0.3) is 5.91 Å². The predicted octanol–water partition coefficient (Wildman–Crippen LogP) is 3.82. The van der Waals surface area contributed by atoms with Gasteiger partial charge in [0.05, 0.1) is 30.1 Å². The Labute approximate surface area is 187 Å². The molecule has 2 aromatic heterocycles. The normalized spacial score (nSPS) is 21.9. The van der Waals surface area contributed by atoms with Crippen molar-refractivity contribution in [1.29, 1.82) is 0 Å². The summed E-state index contributed by atoms with van der Waals surface area (Å²) in [5.74, 6) is -0.545. The third-order valence-corrected chi connectivity index (χ3v) is 7.12. The number of ether oxygens (including phenoxy) is 1. The van der Waals surface area contributed by atoms with Gasteiger partial charge in [-0.1, -0.05) is 44.2 Å². The number of alkyl carbamates (subject to hydrolysis) is 1. The van der Waals surface area contributed by atoms with Gasteiger partial charge in [-0.2, -0.15) is 5.10 Å². The molecule has 4 rings (SSSR count). The van der Waals surface area contributed by atoms with E-state index < -0.39 is 17.5 Å². The Kier molecular flexibility index (Phi) is 5.32. The lowest BCUT2D eigenvalue weighted by molar-refractivity contribution is 0.100. The van der Waals surface area contributed by atoms with Crippen molar-refractivity contribution in [2.24, 2.45) is 11.1 Å². The Morgan fingerprint density at radius 2 is 1.91 bits per heavy atom. The van der Waals surface area contributed by atoms with E-state index in [-0.39, 0.29) is 11.5 Å². The molecular formula is C24H29N5O3. The van der Waals surface area contributed by atoms with Gasteiger partial charge in [-0.05, 0) is 31.4 Å². The standard InChI is InChI=1S/C24H29N5O3/c1-23(2)19(10-11-24(23,3)28-22(31)32-4)27-20-17(21(25)30)13-26-29-14-16(12-18(20)29)15-8-6-5-7-9-15/h5-9,12-14,19,27H,10-11H2,1-4H3,(H2,25,30)(H,28,31). The predicted molar refractivity (Wildman–Crippen MR) is 124 cm³/mol. The number of aromatic nitrogens is 2. The third-order valence-electron chi connectivity index (χ3n) is 7.12. The van der Waals surface area contributed by atoms with E-state index in [0.717, 1.165) is 29.5 Å². The van der Waals surface area contributed by atoms with Crippen molar-refractivity contribution in [1.82, 2.24) is 14.9 Å². The maximum atomic E-state index is 12.2. The van der Waals surface area contributed by atoms with Crippen molar-refractivity contribution in [3.8, 4) is 11.1 Å². The number of anilines is 1. The quantitative estimate of drug-likeness (QED) is 0.564. The zero-order chi connectivity index (χ0) is 23.1. The molecule has 0 radical (unpaired) electrons. The number of amides is 2. The molecule has 1 aliphatic carbocycles.